The van der Waals surface area contributed by atoms with Crippen LogP contribution in [0.2, 0.25) is 0 Å². The lowest BCUT2D eigenvalue weighted by Gasteiger charge is -2.13. The number of aromatic nitrogens is 1. The Kier molecular flexibility index (Phi) is 6.62. The third kappa shape index (κ3) is 5.38. The van der Waals surface area contributed by atoms with Gasteiger partial charge in [-0.15, -0.1) is 0 Å². The van der Waals surface area contributed by atoms with E-state index in [1.165, 1.54) is 0 Å². The lowest BCUT2D eigenvalue weighted by molar-refractivity contribution is -0.115. The number of carbonyl (C=O) groups excluding carboxylic acids is 1. The highest BCUT2D eigenvalue weighted by Crippen LogP contribution is 2.27. The summed E-state index contributed by atoms with van der Waals surface area (Å²) in [5.74, 6) is 1.63. The van der Waals surface area contributed by atoms with Crippen LogP contribution < -0.4 is 20.1 Å². The van der Waals surface area contributed by atoms with Crippen LogP contribution in [-0.2, 0) is 11.2 Å². The monoisotopic (exact) mass is 343 g/mol. The molecule has 1 aromatic heterocycles. The van der Waals surface area contributed by atoms with Gasteiger partial charge in [0.2, 0.25) is 5.91 Å². The molecule has 0 saturated carbocycles. The molecule has 0 radical (unpaired) electrons. The van der Waals surface area contributed by atoms with Gasteiger partial charge in [-0.2, -0.15) is 0 Å². The fraction of sp³-hybridized carbons (Fsp3) is 0.368. The molecule has 2 aromatic rings. The molecule has 6 heteroatoms. The molecule has 0 spiro atoms. The molecule has 0 fully saturated rings. The average Bonchev–Trinajstić information content (AvgIpc) is 2.63. The summed E-state index contributed by atoms with van der Waals surface area (Å²) in [5.41, 5.74) is 1.78. The van der Waals surface area contributed by atoms with Crippen LogP contribution in [0.25, 0.3) is 0 Å². The average molecular weight is 343 g/mol. The standard InChI is InChI=1S/C19H25N3O3/c1-5-13(2)21-15-7-9-18(20-12-15)22-19(23)11-14-6-8-16(24-3)17(10-14)25-4/h6-10,12-13,21H,5,11H2,1-4H3,(H,20,22,23). The van der Waals surface area contributed by atoms with Crippen LogP contribution in [0.1, 0.15) is 25.8 Å². The number of amides is 1. The minimum absolute atomic E-state index is 0.137. The fourth-order valence-corrected chi connectivity index (χ4v) is 2.30. The van der Waals surface area contributed by atoms with Gasteiger partial charge in [-0.05, 0) is 43.2 Å². The minimum Gasteiger partial charge on any atom is -0.493 e. The summed E-state index contributed by atoms with van der Waals surface area (Å²) in [6.07, 6.45) is 2.98. The predicted octanol–water partition coefficient (Wildman–Crippen LogP) is 3.49. The maximum Gasteiger partial charge on any atom is 0.229 e. The van der Waals surface area contributed by atoms with Gasteiger partial charge in [0.25, 0.3) is 0 Å². The van der Waals surface area contributed by atoms with Crippen molar-refractivity contribution in [1.29, 1.82) is 0 Å². The van der Waals surface area contributed by atoms with Gasteiger partial charge in [0.05, 0.1) is 32.5 Å². The molecule has 2 N–H and O–H groups in total. The fourth-order valence-electron chi connectivity index (χ4n) is 2.30. The number of methoxy groups -OCH3 is 2. The van der Waals surface area contributed by atoms with Crippen LogP contribution in [0, 0.1) is 0 Å². The Morgan fingerprint density at radius 3 is 2.52 bits per heavy atom. The summed E-state index contributed by atoms with van der Waals surface area (Å²) in [4.78, 5) is 16.5. The molecule has 1 amide bonds. The Morgan fingerprint density at radius 1 is 1.16 bits per heavy atom. The zero-order valence-electron chi connectivity index (χ0n) is 15.1. The van der Waals surface area contributed by atoms with Crippen molar-refractivity contribution in [3.63, 3.8) is 0 Å². The van der Waals surface area contributed by atoms with E-state index in [0.29, 0.717) is 23.4 Å². The van der Waals surface area contributed by atoms with Crippen molar-refractivity contribution in [2.75, 3.05) is 24.9 Å². The summed E-state index contributed by atoms with van der Waals surface area (Å²) >= 11 is 0. The second-order valence-corrected chi connectivity index (χ2v) is 5.80. The van der Waals surface area contributed by atoms with E-state index in [1.807, 2.05) is 12.1 Å². The first-order chi connectivity index (χ1) is 12.0. The van der Waals surface area contributed by atoms with Crippen LogP contribution in [0.5, 0.6) is 11.5 Å². The highest BCUT2D eigenvalue weighted by atomic mass is 16.5. The zero-order valence-corrected chi connectivity index (χ0v) is 15.1. The van der Waals surface area contributed by atoms with E-state index in [4.69, 9.17) is 9.47 Å². The molecular formula is C19H25N3O3. The first-order valence-electron chi connectivity index (χ1n) is 8.29. The molecule has 0 aliphatic carbocycles. The molecule has 1 aromatic carbocycles. The second kappa shape index (κ2) is 8.92. The van der Waals surface area contributed by atoms with Crippen molar-refractivity contribution in [3.8, 4) is 11.5 Å². The van der Waals surface area contributed by atoms with Crippen LogP contribution in [0.3, 0.4) is 0 Å². The normalized spacial score (nSPS) is 11.5. The lowest BCUT2D eigenvalue weighted by atomic mass is 10.1. The molecule has 1 heterocycles. The van der Waals surface area contributed by atoms with E-state index in [-0.39, 0.29) is 12.3 Å². The SMILES string of the molecule is CCC(C)Nc1ccc(NC(=O)Cc2ccc(OC)c(OC)c2)nc1. The third-order valence-corrected chi connectivity index (χ3v) is 3.87. The predicted molar refractivity (Wildman–Crippen MR) is 99.5 cm³/mol. The Balaban J connectivity index is 1.96. The summed E-state index contributed by atoms with van der Waals surface area (Å²) in [6, 6.07) is 9.50. The van der Waals surface area contributed by atoms with Gasteiger partial charge in [-0.1, -0.05) is 13.0 Å². The molecule has 6 nitrogen and oxygen atoms in total. The smallest absolute Gasteiger partial charge is 0.229 e. The molecule has 134 valence electrons. The largest absolute Gasteiger partial charge is 0.493 e. The Labute approximate surface area is 148 Å². The third-order valence-electron chi connectivity index (χ3n) is 3.87. The second-order valence-electron chi connectivity index (χ2n) is 5.80. The van der Waals surface area contributed by atoms with Gasteiger partial charge in [-0.3, -0.25) is 4.79 Å². The number of hydrogen-bond donors (Lipinski definition) is 2. The molecule has 1 unspecified atom stereocenters. The lowest BCUT2D eigenvalue weighted by Crippen LogP contribution is -2.16. The molecule has 1 atom stereocenters. The molecule has 0 aliphatic rings. The molecule has 25 heavy (non-hydrogen) atoms. The first-order valence-corrected chi connectivity index (χ1v) is 8.29. The van der Waals surface area contributed by atoms with E-state index in [1.54, 1.807) is 38.6 Å². The van der Waals surface area contributed by atoms with Gasteiger partial charge < -0.3 is 20.1 Å². The maximum absolute atomic E-state index is 12.2. The number of hydrogen-bond acceptors (Lipinski definition) is 5. The number of nitrogens with one attached hydrogen (secondary N) is 2. The number of rotatable bonds is 8. The van der Waals surface area contributed by atoms with Crippen molar-refractivity contribution >= 4 is 17.4 Å². The summed E-state index contributed by atoms with van der Waals surface area (Å²) in [5, 5.41) is 6.14. The number of anilines is 2. The van der Waals surface area contributed by atoms with Crippen LogP contribution in [0.15, 0.2) is 36.5 Å². The topological polar surface area (TPSA) is 72.5 Å². The summed E-state index contributed by atoms with van der Waals surface area (Å²) in [6.45, 7) is 4.23. The first kappa shape index (κ1) is 18.6. The summed E-state index contributed by atoms with van der Waals surface area (Å²) in [7, 11) is 3.15. The van der Waals surface area contributed by atoms with Crippen LogP contribution in [0.4, 0.5) is 11.5 Å². The number of carbonyl (C=O) groups is 1. The van der Waals surface area contributed by atoms with Crippen molar-refractivity contribution in [2.45, 2.75) is 32.7 Å². The highest BCUT2D eigenvalue weighted by molar-refractivity contribution is 5.91. The van der Waals surface area contributed by atoms with Gasteiger partial charge in [0.15, 0.2) is 11.5 Å². The summed E-state index contributed by atoms with van der Waals surface area (Å²) < 4.78 is 10.5. The van der Waals surface area contributed by atoms with Crippen molar-refractivity contribution in [1.82, 2.24) is 4.98 Å². The van der Waals surface area contributed by atoms with Crippen LogP contribution in [-0.4, -0.2) is 31.2 Å². The zero-order chi connectivity index (χ0) is 18.2. The van der Waals surface area contributed by atoms with Gasteiger partial charge >= 0.3 is 0 Å². The molecule has 0 saturated heterocycles. The number of pyridine rings is 1. The highest BCUT2D eigenvalue weighted by Gasteiger charge is 2.09. The van der Waals surface area contributed by atoms with Crippen molar-refractivity contribution in [3.05, 3.63) is 42.1 Å². The number of benzene rings is 1. The molecule has 0 aliphatic heterocycles. The van der Waals surface area contributed by atoms with Crippen LogP contribution >= 0.6 is 0 Å². The number of ether oxygens (including phenoxy) is 2. The van der Waals surface area contributed by atoms with Gasteiger partial charge in [-0.25, -0.2) is 4.98 Å². The molecule has 2 rings (SSSR count). The van der Waals surface area contributed by atoms with E-state index in [0.717, 1.165) is 17.7 Å². The van der Waals surface area contributed by atoms with E-state index < -0.39 is 0 Å². The Hall–Kier alpha value is -2.76. The Bertz CT molecular complexity index is 702. The molecular weight excluding hydrogens is 318 g/mol. The quantitative estimate of drug-likeness (QED) is 0.767. The van der Waals surface area contributed by atoms with Gasteiger partial charge in [0, 0.05) is 6.04 Å². The molecule has 0 bridgehead atoms. The van der Waals surface area contributed by atoms with E-state index >= 15 is 0 Å². The van der Waals surface area contributed by atoms with Crippen molar-refractivity contribution in [2.24, 2.45) is 0 Å². The minimum atomic E-state index is -0.137. The number of nitrogens with zero attached hydrogens (tertiary/aromatic N) is 1. The Morgan fingerprint density at radius 2 is 1.92 bits per heavy atom. The van der Waals surface area contributed by atoms with Crippen molar-refractivity contribution < 1.29 is 14.3 Å². The van der Waals surface area contributed by atoms with Gasteiger partial charge in [0.1, 0.15) is 5.82 Å². The van der Waals surface area contributed by atoms with E-state index in [9.17, 15) is 4.79 Å². The maximum atomic E-state index is 12.2. The van der Waals surface area contributed by atoms with E-state index in [2.05, 4.69) is 29.5 Å².